The van der Waals surface area contributed by atoms with Crippen molar-refractivity contribution in [1.29, 1.82) is 0 Å². The van der Waals surface area contributed by atoms with Crippen molar-refractivity contribution in [2.45, 2.75) is 97.6 Å². The van der Waals surface area contributed by atoms with E-state index in [1.54, 1.807) is 31.7 Å². The number of anilines is 1. The summed E-state index contributed by atoms with van der Waals surface area (Å²) in [5, 5.41) is 2.79. The van der Waals surface area contributed by atoms with Gasteiger partial charge in [-0.3, -0.25) is 9.36 Å². The number of carbonyl (C=O) groups is 2. The Hall–Kier alpha value is -2.44. The van der Waals surface area contributed by atoms with Gasteiger partial charge in [0.05, 0.1) is 38.3 Å². The van der Waals surface area contributed by atoms with Crippen LogP contribution in [0, 0.1) is 0 Å². The van der Waals surface area contributed by atoms with Crippen LogP contribution in [-0.4, -0.2) is 75.2 Å². The van der Waals surface area contributed by atoms with E-state index < -0.39 is 37.6 Å². The molecule has 39 heavy (non-hydrogen) atoms. The number of unbranched alkanes of at least 4 members (excludes halogenated alkanes) is 3. The van der Waals surface area contributed by atoms with E-state index in [9.17, 15) is 14.2 Å². The van der Waals surface area contributed by atoms with Crippen molar-refractivity contribution >= 4 is 36.8 Å². The number of hydrogen-bond donors (Lipinski definition) is 2. The Balaban J connectivity index is 2.12. The van der Waals surface area contributed by atoms with Crippen molar-refractivity contribution in [3.63, 3.8) is 0 Å². The van der Waals surface area contributed by atoms with E-state index in [0.717, 1.165) is 25.7 Å². The van der Waals surface area contributed by atoms with Gasteiger partial charge in [-0.25, -0.2) is 20.0 Å². The number of carbonyl (C=O) groups excluding carboxylic acids is 2. The first-order chi connectivity index (χ1) is 18.4. The number of imidazole rings is 1. The van der Waals surface area contributed by atoms with Crippen molar-refractivity contribution in [3.8, 4) is 0 Å². The summed E-state index contributed by atoms with van der Waals surface area (Å²) < 4.78 is 38.2. The van der Waals surface area contributed by atoms with Gasteiger partial charge in [0.2, 0.25) is 0 Å². The number of nitrogens with zero attached hydrogens (tertiary/aromatic N) is 4. The van der Waals surface area contributed by atoms with Crippen LogP contribution in [0.15, 0.2) is 12.7 Å². The maximum Gasteiger partial charge on any atom is 0.326 e. The molecule has 0 aromatic carbocycles. The third kappa shape index (κ3) is 10.6. The van der Waals surface area contributed by atoms with Gasteiger partial charge in [-0.15, -0.1) is 0 Å². The third-order valence-corrected chi connectivity index (χ3v) is 7.65. The topological polar surface area (TPSA) is 170 Å². The minimum Gasteiger partial charge on any atom is -0.464 e. The quantitative estimate of drug-likeness (QED) is 0.109. The van der Waals surface area contributed by atoms with E-state index in [2.05, 4.69) is 27.0 Å². The van der Waals surface area contributed by atoms with Crippen LogP contribution in [-0.2, 0) is 39.4 Å². The maximum atomic E-state index is 14.0. The van der Waals surface area contributed by atoms with Gasteiger partial charge in [0.15, 0.2) is 17.8 Å². The first-order valence-electron chi connectivity index (χ1n) is 13.2. The molecule has 0 aliphatic heterocycles. The van der Waals surface area contributed by atoms with Crippen LogP contribution in [0.25, 0.3) is 11.2 Å². The normalized spacial score (nSPS) is 15.3. The summed E-state index contributed by atoms with van der Waals surface area (Å²) in [6, 6.07) is 0. The molecular weight excluding hydrogens is 527 g/mol. The fourth-order valence-electron chi connectivity index (χ4n) is 3.62. The Kier molecular flexibility index (Phi) is 12.9. The SMILES string of the molecule is CCCCCCOC(=O)C(C)(C)NP(=O)(COC(C)Cn1cnc2c(N)ncnc21)OC(C=O)COC(C)C. The molecule has 0 fully saturated rings. The lowest BCUT2D eigenvalue weighted by atomic mass is 10.1. The van der Waals surface area contributed by atoms with Gasteiger partial charge in [0.25, 0.3) is 7.52 Å². The van der Waals surface area contributed by atoms with Crippen molar-refractivity contribution in [3.05, 3.63) is 12.7 Å². The average Bonchev–Trinajstić information content (AvgIpc) is 3.28. The smallest absolute Gasteiger partial charge is 0.326 e. The van der Waals surface area contributed by atoms with Gasteiger partial charge in [0.1, 0.15) is 29.8 Å². The predicted octanol–water partition coefficient (Wildman–Crippen LogP) is 3.47. The lowest BCUT2D eigenvalue weighted by molar-refractivity contribution is -0.149. The summed E-state index contributed by atoms with van der Waals surface area (Å²) in [6.45, 7) is 11.0. The molecule has 14 heteroatoms. The lowest BCUT2D eigenvalue weighted by Crippen LogP contribution is -2.47. The highest BCUT2D eigenvalue weighted by molar-refractivity contribution is 7.56. The van der Waals surface area contributed by atoms with Gasteiger partial charge in [-0.2, -0.15) is 0 Å². The highest BCUT2D eigenvalue weighted by atomic mass is 31.2. The number of esters is 1. The molecule has 2 rings (SSSR count). The van der Waals surface area contributed by atoms with Gasteiger partial charge in [-0.05, 0) is 41.0 Å². The molecule has 0 bridgehead atoms. The predicted molar refractivity (Wildman–Crippen MR) is 147 cm³/mol. The van der Waals surface area contributed by atoms with Crippen LogP contribution < -0.4 is 10.8 Å². The summed E-state index contributed by atoms with van der Waals surface area (Å²) in [5.74, 6) is -0.323. The van der Waals surface area contributed by atoms with Crippen LogP contribution in [0.5, 0.6) is 0 Å². The fourth-order valence-corrected chi connectivity index (χ4v) is 5.74. The van der Waals surface area contributed by atoms with E-state index in [-0.39, 0.29) is 25.1 Å². The van der Waals surface area contributed by atoms with Crippen molar-refractivity contribution < 1.29 is 32.9 Å². The number of nitrogens with two attached hydrogens (primary N) is 1. The Morgan fingerprint density at radius 3 is 2.59 bits per heavy atom. The molecule has 0 saturated carbocycles. The number of aromatic nitrogens is 4. The molecule has 3 unspecified atom stereocenters. The van der Waals surface area contributed by atoms with E-state index in [1.807, 2.05) is 13.8 Å². The number of nitrogen functional groups attached to an aromatic ring is 1. The number of rotatable bonds is 19. The molecule has 2 aromatic heterocycles. The Bertz CT molecular complexity index is 1110. The second-order valence-electron chi connectivity index (χ2n) is 10.2. The van der Waals surface area contributed by atoms with Gasteiger partial charge >= 0.3 is 5.97 Å². The second-order valence-corrected chi connectivity index (χ2v) is 12.2. The molecule has 0 aliphatic rings. The monoisotopic (exact) mass is 570 g/mol. The standard InChI is InChI=1S/C25H43N6O7P/c1-7-8-9-10-11-35-24(33)25(5,6)30-39(34,38-20(13-32)14-36-18(2)3)17-37-19(4)12-31-16-29-21-22(26)27-15-28-23(21)31/h13,15-16,18-20H,7-12,14,17H2,1-6H3,(H,30,34)(H2,26,27,28). The van der Waals surface area contributed by atoms with Crippen molar-refractivity contribution in [2.24, 2.45) is 0 Å². The summed E-state index contributed by atoms with van der Waals surface area (Å²) in [4.78, 5) is 36.9. The van der Waals surface area contributed by atoms with Crippen LogP contribution in [0.4, 0.5) is 5.82 Å². The number of ether oxygens (including phenoxy) is 3. The molecule has 220 valence electrons. The van der Waals surface area contributed by atoms with Crippen LogP contribution in [0.2, 0.25) is 0 Å². The Morgan fingerprint density at radius 2 is 1.92 bits per heavy atom. The Morgan fingerprint density at radius 1 is 1.18 bits per heavy atom. The van der Waals surface area contributed by atoms with Crippen molar-refractivity contribution in [2.75, 3.05) is 25.3 Å². The Labute approximate surface area is 230 Å². The molecule has 2 aromatic rings. The van der Waals surface area contributed by atoms with E-state index in [1.165, 1.54) is 6.33 Å². The molecule has 0 radical (unpaired) electrons. The van der Waals surface area contributed by atoms with Crippen LogP contribution in [0.3, 0.4) is 0 Å². The molecule has 13 nitrogen and oxygen atoms in total. The largest absolute Gasteiger partial charge is 0.464 e. The molecule has 2 heterocycles. The molecule has 3 N–H and O–H groups in total. The van der Waals surface area contributed by atoms with Gasteiger partial charge in [0, 0.05) is 0 Å². The first kappa shape index (κ1) is 32.8. The van der Waals surface area contributed by atoms with E-state index in [4.69, 9.17) is 24.5 Å². The summed E-state index contributed by atoms with van der Waals surface area (Å²) in [6.07, 6.45) is 5.04. The van der Waals surface area contributed by atoms with Crippen molar-refractivity contribution in [1.82, 2.24) is 24.6 Å². The third-order valence-electron chi connectivity index (χ3n) is 5.65. The summed E-state index contributed by atoms with van der Waals surface area (Å²) in [5.41, 5.74) is 5.48. The molecule has 0 spiro atoms. The molecule has 0 aliphatic carbocycles. The van der Waals surface area contributed by atoms with E-state index >= 15 is 0 Å². The minimum atomic E-state index is -3.93. The minimum absolute atomic E-state index is 0.104. The van der Waals surface area contributed by atoms with Crippen LogP contribution >= 0.6 is 7.52 Å². The number of hydrogen-bond acceptors (Lipinski definition) is 11. The van der Waals surface area contributed by atoms with Crippen LogP contribution in [0.1, 0.15) is 67.2 Å². The highest BCUT2D eigenvalue weighted by Gasteiger charge is 2.40. The molecule has 0 saturated heterocycles. The molecule has 0 amide bonds. The fraction of sp³-hybridized carbons (Fsp3) is 0.720. The maximum absolute atomic E-state index is 14.0. The summed E-state index contributed by atoms with van der Waals surface area (Å²) >= 11 is 0. The first-order valence-corrected chi connectivity index (χ1v) is 15.1. The number of fused-ring (bicyclic) bond motifs is 1. The summed E-state index contributed by atoms with van der Waals surface area (Å²) in [7, 11) is -3.93. The second kappa shape index (κ2) is 15.4. The zero-order valence-electron chi connectivity index (χ0n) is 23.8. The number of nitrogens with one attached hydrogen (secondary N) is 1. The van der Waals surface area contributed by atoms with E-state index in [0.29, 0.717) is 24.0 Å². The number of aldehydes is 1. The zero-order chi connectivity index (χ0) is 29.1. The lowest BCUT2D eigenvalue weighted by Gasteiger charge is -2.31. The zero-order valence-corrected chi connectivity index (χ0v) is 24.7. The molecular formula is C25H43N6O7P. The van der Waals surface area contributed by atoms with Gasteiger partial charge in [-0.1, -0.05) is 26.2 Å². The highest BCUT2D eigenvalue weighted by Crippen LogP contribution is 2.46. The molecule has 3 atom stereocenters. The van der Waals surface area contributed by atoms with Gasteiger partial charge < -0.3 is 33.8 Å². The average molecular weight is 571 g/mol.